The van der Waals surface area contributed by atoms with Crippen LogP contribution in [0.2, 0.25) is 0 Å². The Bertz CT molecular complexity index is 913. The van der Waals surface area contributed by atoms with Gasteiger partial charge in [0, 0.05) is 42.6 Å². The zero-order chi connectivity index (χ0) is 17.9. The van der Waals surface area contributed by atoms with Crippen LogP contribution < -0.4 is 10.1 Å². The Morgan fingerprint density at radius 2 is 2.12 bits per heavy atom. The molecule has 6 nitrogen and oxygen atoms in total. The number of hydrogen-bond donors (Lipinski definition) is 2. The maximum absolute atomic E-state index is 12.7. The Hall–Kier alpha value is -2.86. The van der Waals surface area contributed by atoms with Gasteiger partial charge >= 0.3 is 0 Å². The van der Waals surface area contributed by atoms with Gasteiger partial charge in [0.25, 0.3) is 5.91 Å². The number of piperidine rings is 1. The number of H-pyrrole nitrogens is 1. The van der Waals surface area contributed by atoms with Crippen LogP contribution in [0.4, 0.5) is 5.69 Å². The van der Waals surface area contributed by atoms with Crippen LogP contribution in [-0.2, 0) is 0 Å². The first kappa shape index (κ1) is 16.6. The third kappa shape index (κ3) is 3.55. The number of amides is 1. The Morgan fingerprint density at radius 1 is 1.27 bits per heavy atom. The van der Waals surface area contributed by atoms with Crippen molar-refractivity contribution in [3.63, 3.8) is 0 Å². The van der Waals surface area contributed by atoms with Gasteiger partial charge in [-0.1, -0.05) is 12.1 Å². The molecule has 26 heavy (non-hydrogen) atoms. The second-order valence-electron chi connectivity index (χ2n) is 6.70. The van der Waals surface area contributed by atoms with Crippen molar-refractivity contribution < 1.29 is 9.53 Å². The summed E-state index contributed by atoms with van der Waals surface area (Å²) in [6.45, 7) is 2.06. The molecule has 4 rings (SSSR count). The molecule has 1 aromatic carbocycles. The molecule has 0 radical (unpaired) electrons. The van der Waals surface area contributed by atoms with Crippen molar-refractivity contribution >= 4 is 22.5 Å². The first-order valence-electron chi connectivity index (χ1n) is 8.88. The number of aromatic amines is 1. The fraction of sp³-hybridized carbons (Fsp3) is 0.300. The molecule has 0 saturated carbocycles. The van der Waals surface area contributed by atoms with Gasteiger partial charge in [0.1, 0.15) is 6.10 Å². The van der Waals surface area contributed by atoms with Crippen LogP contribution in [0.1, 0.15) is 23.2 Å². The van der Waals surface area contributed by atoms with Crippen molar-refractivity contribution in [2.24, 2.45) is 0 Å². The van der Waals surface area contributed by atoms with Crippen molar-refractivity contribution in [1.29, 1.82) is 0 Å². The van der Waals surface area contributed by atoms with E-state index in [1.165, 1.54) is 0 Å². The number of nitrogens with zero attached hydrogens (tertiary/aromatic N) is 2. The molecule has 134 valence electrons. The van der Waals surface area contributed by atoms with E-state index in [1.54, 1.807) is 18.3 Å². The summed E-state index contributed by atoms with van der Waals surface area (Å²) in [5.74, 6) is 0.393. The summed E-state index contributed by atoms with van der Waals surface area (Å²) in [5, 5.41) is 3.95. The minimum atomic E-state index is -0.158. The number of anilines is 1. The highest BCUT2D eigenvalue weighted by atomic mass is 16.5. The van der Waals surface area contributed by atoms with Gasteiger partial charge in [-0.3, -0.25) is 4.79 Å². The molecule has 3 heterocycles. The molecular weight excluding hydrogens is 328 g/mol. The predicted octanol–water partition coefficient (Wildman–Crippen LogP) is 3.29. The third-order valence-corrected chi connectivity index (χ3v) is 4.78. The van der Waals surface area contributed by atoms with Gasteiger partial charge in [-0.05, 0) is 38.1 Å². The number of carbonyl (C=O) groups excluding carboxylic acids is 1. The van der Waals surface area contributed by atoms with Crippen molar-refractivity contribution in [2.75, 3.05) is 25.5 Å². The van der Waals surface area contributed by atoms with E-state index in [-0.39, 0.29) is 12.0 Å². The van der Waals surface area contributed by atoms with Crippen LogP contribution in [0, 0.1) is 0 Å². The molecule has 0 atom stereocenters. The monoisotopic (exact) mass is 350 g/mol. The average Bonchev–Trinajstić information content (AvgIpc) is 3.12. The standard InChI is InChI=1S/C20H22N4O2/c1-24-11-7-16(8-12-24)26-18-13-15(6-10-21-18)23-20(25)17-4-2-3-14-5-9-22-19(14)17/h2-6,9-10,13,16,22H,7-8,11-12H2,1H3,(H,21,23,25). The van der Waals surface area contributed by atoms with Gasteiger partial charge in [0.05, 0.1) is 11.1 Å². The zero-order valence-electron chi connectivity index (χ0n) is 14.7. The lowest BCUT2D eigenvalue weighted by atomic mass is 10.1. The largest absolute Gasteiger partial charge is 0.474 e. The quantitative estimate of drug-likeness (QED) is 0.757. The Kier molecular flexibility index (Phi) is 4.58. The summed E-state index contributed by atoms with van der Waals surface area (Å²) in [6, 6.07) is 11.2. The van der Waals surface area contributed by atoms with Crippen LogP contribution in [0.5, 0.6) is 5.88 Å². The summed E-state index contributed by atoms with van der Waals surface area (Å²) < 4.78 is 5.99. The summed E-state index contributed by atoms with van der Waals surface area (Å²) in [7, 11) is 2.12. The minimum Gasteiger partial charge on any atom is -0.474 e. The van der Waals surface area contributed by atoms with Gasteiger partial charge in [-0.15, -0.1) is 0 Å². The molecule has 0 spiro atoms. The average molecular weight is 350 g/mol. The number of carbonyl (C=O) groups is 1. The lowest BCUT2D eigenvalue weighted by molar-refractivity contribution is 0.102. The molecule has 1 amide bonds. The summed E-state index contributed by atoms with van der Waals surface area (Å²) >= 11 is 0. The van der Waals surface area contributed by atoms with Crippen LogP contribution in [0.25, 0.3) is 10.9 Å². The molecule has 1 aliphatic rings. The number of rotatable bonds is 4. The first-order valence-corrected chi connectivity index (χ1v) is 8.88. The van der Waals surface area contributed by atoms with Crippen molar-refractivity contribution in [3.8, 4) is 5.88 Å². The Labute approximate surface area is 152 Å². The van der Waals surface area contributed by atoms with Crippen molar-refractivity contribution in [1.82, 2.24) is 14.9 Å². The van der Waals surface area contributed by atoms with E-state index < -0.39 is 0 Å². The molecule has 0 unspecified atom stereocenters. The Morgan fingerprint density at radius 3 is 2.96 bits per heavy atom. The minimum absolute atomic E-state index is 0.158. The number of nitrogens with one attached hydrogen (secondary N) is 2. The maximum atomic E-state index is 12.7. The summed E-state index contributed by atoms with van der Waals surface area (Å²) in [6.07, 6.45) is 5.65. The summed E-state index contributed by atoms with van der Waals surface area (Å²) in [5.41, 5.74) is 2.13. The molecule has 1 saturated heterocycles. The SMILES string of the molecule is CN1CCC(Oc2cc(NC(=O)c3cccc4cc[nH]c34)ccn2)CC1. The van der Waals surface area contributed by atoms with Crippen LogP contribution in [0.15, 0.2) is 48.8 Å². The van der Waals surface area contributed by atoms with Gasteiger partial charge in [-0.2, -0.15) is 0 Å². The van der Waals surface area contributed by atoms with Gasteiger partial charge in [0.15, 0.2) is 0 Å². The maximum Gasteiger partial charge on any atom is 0.257 e. The van der Waals surface area contributed by atoms with E-state index in [4.69, 9.17) is 4.74 Å². The zero-order valence-corrected chi connectivity index (χ0v) is 14.7. The molecule has 1 fully saturated rings. The normalized spacial score (nSPS) is 15.9. The third-order valence-electron chi connectivity index (χ3n) is 4.78. The van der Waals surface area contributed by atoms with E-state index in [1.807, 2.05) is 30.5 Å². The smallest absolute Gasteiger partial charge is 0.257 e. The van der Waals surface area contributed by atoms with E-state index in [0.29, 0.717) is 17.1 Å². The molecule has 2 aromatic heterocycles. The number of fused-ring (bicyclic) bond motifs is 1. The second kappa shape index (κ2) is 7.17. The fourth-order valence-corrected chi connectivity index (χ4v) is 3.30. The van der Waals surface area contributed by atoms with E-state index >= 15 is 0 Å². The lowest BCUT2D eigenvalue weighted by Gasteiger charge is -2.28. The number of para-hydroxylation sites is 1. The van der Waals surface area contributed by atoms with Crippen molar-refractivity contribution in [3.05, 3.63) is 54.4 Å². The molecule has 0 aliphatic carbocycles. The molecular formula is C20H22N4O2. The molecule has 6 heteroatoms. The van der Waals surface area contributed by atoms with Gasteiger partial charge < -0.3 is 19.9 Å². The lowest BCUT2D eigenvalue weighted by Crippen LogP contribution is -2.35. The number of pyridine rings is 1. The van der Waals surface area contributed by atoms with Gasteiger partial charge in [-0.25, -0.2) is 4.98 Å². The number of likely N-dealkylation sites (tertiary alicyclic amines) is 1. The molecule has 0 bridgehead atoms. The highest BCUT2D eigenvalue weighted by Gasteiger charge is 2.19. The fourth-order valence-electron chi connectivity index (χ4n) is 3.30. The van der Waals surface area contributed by atoms with E-state index in [9.17, 15) is 4.79 Å². The predicted molar refractivity (Wildman–Crippen MR) is 102 cm³/mol. The van der Waals surface area contributed by atoms with Crippen LogP contribution in [0.3, 0.4) is 0 Å². The van der Waals surface area contributed by atoms with Crippen LogP contribution >= 0.6 is 0 Å². The first-order chi connectivity index (χ1) is 12.7. The van der Waals surface area contributed by atoms with Crippen LogP contribution in [-0.4, -0.2) is 47.0 Å². The summed E-state index contributed by atoms with van der Waals surface area (Å²) in [4.78, 5) is 22.4. The topological polar surface area (TPSA) is 70.2 Å². The number of benzene rings is 1. The molecule has 3 aromatic rings. The highest BCUT2D eigenvalue weighted by Crippen LogP contribution is 2.22. The second-order valence-corrected chi connectivity index (χ2v) is 6.70. The Balaban J connectivity index is 1.46. The number of aromatic nitrogens is 2. The molecule has 1 aliphatic heterocycles. The number of ether oxygens (including phenoxy) is 1. The highest BCUT2D eigenvalue weighted by molar-refractivity contribution is 6.12. The van der Waals surface area contributed by atoms with Gasteiger partial charge in [0.2, 0.25) is 5.88 Å². The number of hydrogen-bond acceptors (Lipinski definition) is 4. The van der Waals surface area contributed by atoms with Crippen molar-refractivity contribution in [2.45, 2.75) is 18.9 Å². The van der Waals surface area contributed by atoms with E-state index in [0.717, 1.165) is 36.8 Å². The molecule has 2 N–H and O–H groups in total. The van der Waals surface area contributed by atoms with E-state index in [2.05, 4.69) is 27.2 Å².